The van der Waals surface area contributed by atoms with Crippen molar-refractivity contribution in [2.24, 2.45) is 0 Å². The van der Waals surface area contributed by atoms with E-state index >= 15 is 0 Å². The highest BCUT2D eigenvalue weighted by atomic mass is 16.5. The Balaban J connectivity index is 1.62. The number of piperidine rings is 1. The minimum atomic E-state index is -0.373. The van der Waals surface area contributed by atoms with Gasteiger partial charge in [-0.05, 0) is 37.5 Å². The summed E-state index contributed by atoms with van der Waals surface area (Å²) in [5.41, 5.74) is 0.953. The number of hydrogen-bond acceptors (Lipinski definition) is 5. The van der Waals surface area contributed by atoms with Crippen molar-refractivity contribution in [3.63, 3.8) is 0 Å². The summed E-state index contributed by atoms with van der Waals surface area (Å²) in [4.78, 5) is 52.5. The molecule has 1 saturated heterocycles. The second-order valence-electron chi connectivity index (χ2n) is 7.35. The molecule has 29 heavy (non-hydrogen) atoms. The Morgan fingerprint density at radius 1 is 1.14 bits per heavy atom. The summed E-state index contributed by atoms with van der Waals surface area (Å²) < 4.78 is 4.97. The van der Waals surface area contributed by atoms with Gasteiger partial charge in [-0.15, -0.1) is 0 Å². The van der Waals surface area contributed by atoms with Crippen molar-refractivity contribution < 1.29 is 23.9 Å². The average Bonchev–Trinajstić information content (AvgIpc) is 2.98. The lowest BCUT2D eigenvalue weighted by atomic mass is 10.0. The van der Waals surface area contributed by atoms with Crippen LogP contribution in [0.5, 0.6) is 0 Å². The van der Waals surface area contributed by atoms with Gasteiger partial charge in [0.05, 0.1) is 11.1 Å². The number of likely N-dealkylation sites (tertiary alicyclic amines) is 1. The van der Waals surface area contributed by atoms with Gasteiger partial charge in [-0.1, -0.05) is 6.92 Å². The predicted octanol–water partition coefficient (Wildman–Crippen LogP) is 1.45. The highest BCUT2D eigenvalue weighted by Crippen LogP contribution is 2.24. The van der Waals surface area contributed by atoms with Gasteiger partial charge in [-0.2, -0.15) is 0 Å². The maximum absolute atomic E-state index is 12.6. The van der Waals surface area contributed by atoms with Gasteiger partial charge >= 0.3 is 0 Å². The molecule has 1 N–H and O–H groups in total. The van der Waals surface area contributed by atoms with E-state index < -0.39 is 0 Å². The molecule has 0 atom stereocenters. The molecular weight excluding hydrogens is 374 g/mol. The molecule has 0 spiro atoms. The summed E-state index contributed by atoms with van der Waals surface area (Å²) in [6.07, 6.45) is 2.45. The fourth-order valence-electron chi connectivity index (χ4n) is 3.77. The lowest BCUT2D eigenvalue weighted by Gasteiger charge is -2.32. The van der Waals surface area contributed by atoms with Crippen LogP contribution in [0.25, 0.3) is 0 Å². The van der Waals surface area contributed by atoms with Gasteiger partial charge < -0.3 is 15.0 Å². The van der Waals surface area contributed by atoms with E-state index in [1.807, 2.05) is 11.8 Å². The number of carbonyl (C=O) groups excluding carboxylic acids is 4. The van der Waals surface area contributed by atoms with Crippen LogP contribution in [0.15, 0.2) is 18.2 Å². The van der Waals surface area contributed by atoms with E-state index in [2.05, 4.69) is 5.32 Å². The number of rotatable bonds is 7. The Hall–Kier alpha value is -2.74. The molecule has 4 amide bonds. The van der Waals surface area contributed by atoms with Crippen LogP contribution < -0.4 is 5.32 Å². The minimum Gasteiger partial charge on any atom is -0.385 e. The number of ether oxygens (including phenoxy) is 1. The Kier molecular flexibility index (Phi) is 6.64. The number of nitrogens with one attached hydrogen (secondary N) is 1. The standard InChI is InChI=1S/C21H27N3O5/c1-3-18(25)23-10-7-15(8-11-23)22-19(26)14-5-6-16-17(13-14)21(28)24(20(16)27)9-4-12-29-2/h5-6,13,15H,3-4,7-12H2,1-2H3,(H,22,26). The highest BCUT2D eigenvalue weighted by molar-refractivity contribution is 6.22. The zero-order valence-corrected chi connectivity index (χ0v) is 16.9. The molecule has 1 aromatic carbocycles. The van der Waals surface area contributed by atoms with Crippen LogP contribution in [-0.2, 0) is 9.53 Å². The van der Waals surface area contributed by atoms with E-state index in [0.29, 0.717) is 56.5 Å². The Morgan fingerprint density at radius 3 is 2.48 bits per heavy atom. The summed E-state index contributed by atoms with van der Waals surface area (Å²) >= 11 is 0. The molecule has 0 unspecified atom stereocenters. The van der Waals surface area contributed by atoms with Crippen LogP contribution in [0.1, 0.15) is 63.7 Å². The van der Waals surface area contributed by atoms with Crippen molar-refractivity contribution in [3.8, 4) is 0 Å². The van der Waals surface area contributed by atoms with Gasteiger partial charge in [0.25, 0.3) is 17.7 Å². The van der Waals surface area contributed by atoms with Gasteiger partial charge in [0, 0.05) is 51.4 Å². The third kappa shape index (κ3) is 4.48. The minimum absolute atomic E-state index is 0.0143. The summed E-state index contributed by atoms with van der Waals surface area (Å²) in [6.45, 7) is 3.85. The Labute approximate surface area is 170 Å². The molecule has 156 valence electrons. The second kappa shape index (κ2) is 9.17. The smallest absolute Gasteiger partial charge is 0.261 e. The zero-order chi connectivity index (χ0) is 21.0. The quantitative estimate of drug-likeness (QED) is 0.551. The van der Waals surface area contributed by atoms with Gasteiger partial charge in [-0.3, -0.25) is 24.1 Å². The first kappa shape index (κ1) is 21.0. The number of nitrogens with zero attached hydrogens (tertiary/aromatic N) is 2. The fourth-order valence-corrected chi connectivity index (χ4v) is 3.77. The zero-order valence-electron chi connectivity index (χ0n) is 16.9. The van der Waals surface area contributed by atoms with E-state index in [9.17, 15) is 19.2 Å². The SMILES string of the molecule is CCC(=O)N1CCC(NC(=O)c2ccc3c(c2)C(=O)N(CCCOC)C3=O)CC1. The van der Waals surface area contributed by atoms with Crippen LogP contribution in [0.2, 0.25) is 0 Å². The normalized spacial score (nSPS) is 16.9. The molecule has 0 bridgehead atoms. The van der Waals surface area contributed by atoms with Crippen LogP contribution in [0.4, 0.5) is 0 Å². The van der Waals surface area contributed by atoms with E-state index in [-0.39, 0.29) is 41.8 Å². The van der Waals surface area contributed by atoms with Crippen LogP contribution >= 0.6 is 0 Å². The van der Waals surface area contributed by atoms with Gasteiger partial charge in [0.2, 0.25) is 5.91 Å². The molecule has 0 radical (unpaired) electrons. The summed E-state index contributed by atoms with van der Waals surface area (Å²) in [5.74, 6) is -0.846. The van der Waals surface area contributed by atoms with Crippen molar-refractivity contribution >= 4 is 23.6 Å². The van der Waals surface area contributed by atoms with E-state index in [0.717, 1.165) is 0 Å². The largest absolute Gasteiger partial charge is 0.385 e. The molecular formula is C21H27N3O5. The molecule has 0 saturated carbocycles. The predicted molar refractivity (Wildman–Crippen MR) is 106 cm³/mol. The highest BCUT2D eigenvalue weighted by Gasteiger charge is 2.35. The fraction of sp³-hybridized carbons (Fsp3) is 0.524. The molecule has 1 aromatic rings. The molecule has 0 aliphatic carbocycles. The monoisotopic (exact) mass is 401 g/mol. The van der Waals surface area contributed by atoms with E-state index in [1.54, 1.807) is 19.2 Å². The average molecular weight is 401 g/mol. The lowest BCUT2D eigenvalue weighted by Crippen LogP contribution is -2.46. The third-order valence-corrected chi connectivity index (χ3v) is 5.45. The number of amides is 4. The molecule has 8 nitrogen and oxygen atoms in total. The molecule has 0 aromatic heterocycles. The molecule has 8 heteroatoms. The second-order valence-corrected chi connectivity index (χ2v) is 7.35. The third-order valence-electron chi connectivity index (χ3n) is 5.45. The number of fused-ring (bicyclic) bond motifs is 1. The molecule has 3 rings (SSSR count). The number of imide groups is 1. The summed E-state index contributed by atoms with van der Waals surface area (Å²) in [7, 11) is 1.57. The molecule has 2 heterocycles. The van der Waals surface area contributed by atoms with Crippen molar-refractivity contribution in [2.45, 2.75) is 38.6 Å². The van der Waals surface area contributed by atoms with Crippen LogP contribution in [0, 0.1) is 0 Å². The first-order valence-electron chi connectivity index (χ1n) is 10.0. The van der Waals surface area contributed by atoms with Crippen molar-refractivity contribution in [3.05, 3.63) is 34.9 Å². The van der Waals surface area contributed by atoms with Crippen molar-refractivity contribution in [1.82, 2.24) is 15.1 Å². The Bertz CT molecular complexity index is 815. The molecule has 1 fully saturated rings. The summed E-state index contributed by atoms with van der Waals surface area (Å²) in [6, 6.07) is 4.60. The van der Waals surface area contributed by atoms with Crippen molar-refractivity contribution in [1.29, 1.82) is 0 Å². The number of carbonyl (C=O) groups is 4. The van der Waals surface area contributed by atoms with E-state index in [1.165, 1.54) is 11.0 Å². The van der Waals surface area contributed by atoms with Gasteiger partial charge in [0.15, 0.2) is 0 Å². The lowest BCUT2D eigenvalue weighted by molar-refractivity contribution is -0.131. The molecule has 2 aliphatic rings. The molecule has 2 aliphatic heterocycles. The number of methoxy groups -OCH3 is 1. The van der Waals surface area contributed by atoms with E-state index in [4.69, 9.17) is 4.74 Å². The first-order chi connectivity index (χ1) is 14.0. The van der Waals surface area contributed by atoms with Crippen LogP contribution in [0.3, 0.4) is 0 Å². The topological polar surface area (TPSA) is 96.0 Å². The van der Waals surface area contributed by atoms with Gasteiger partial charge in [-0.25, -0.2) is 0 Å². The first-order valence-corrected chi connectivity index (χ1v) is 10.0. The van der Waals surface area contributed by atoms with Crippen molar-refractivity contribution in [2.75, 3.05) is 33.4 Å². The Morgan fingerprint density at radius 2 is 1.83 bits per heavy atom. The summed E-state index contributed by atoms with van der Waals surface area (Å²) in [5, 5.41) is 2.98. The van der Waals surface area contributed by atoms with Gasteiger partial charge in [0.1, 0.15) is 0 Å². The number of benzene rings is 1. The maximum atomic E-state index is 12.6. The van der Waals surface area contributed by atoms with Crippen LogP contribution in [-0.4, -0.2) is 72.8 Å². The maximum Gasteiger partial charge on any atom is 0.261 e. The number of hydrogen-bond donors (Lipinski definition) is 1.